The van der Waals surface area contributed by atoms with Crippen LogP contribution < -0.4 is 0 Å². The molecule has 0 atom stereocenters. The van der Waals surface area contributed by atoms with E-state index in [-0.39, 0.29) is 0 Å². The van der Waals surface area contributed by atoms with Crippen LogP contribution in [0.25, 0.3) is 10.8 Å². The number of ether oxygens (including phenoxy) is 1. The Morgan fingerprint density at radius 3 is 2.71 bits per heavy atom. The predicted octanol–water partition coefficient (Wildman–Crippen LogP) is 2.84. The van der Waals surface area contributed by atoms with Gasteiger partial charge in [0.2, 0.25) is 0 Å². The fraction of sp³-hybridized carbons (Fsp3) is 0.0833. The lowest BCUT2D eigenvalue weighted by molar-refractivity contribution is 0.259. The summed E-state index contributed by atoms with van der Waals surface area (Å²) in [5, 5.41) is 10.6. The molecule has 0 aliphatic rings. The Morgan fingerprint density at radius 2 is 1.86 bits per heavy atom. The molecule has 0 saturated carbocycles. The quantitative estimate of drug-likeness (QED) is 0.670. The van der Waals surface area contributed by atoms with Gasteiger partial charge in [-0.05, 0) is 16.3 Å². The molecular formula is C12H9NO. The molecule has 68 valence electrons. The van der Waals surface area contributed by atoms with E-state index in [1.165, 1.54) is 5.39 Å². The standard InChI is InChI=1S/C12H9NO/c13-9-14-8-11-6-3-5-10-4-1-2-7-12(10)11/h1-7H,8H2. The minimum Gasteiger partial charge on any atom is -0.423 e. The molecule has 0 saturated heterocycles. The van der Waals surface area contributed by atoms with Crippen molar-refractivity contribution in [1.82, 2.24) is 0 Å². The van der Waals surface area contributed by atoms with Crippen LogP contribution in [0, 0.1) is 11.5 Å². The van der Waals surface area contributed by atoms with Crippen molar-refractivity contribution in [3.05, 3.63) is 48.0 Å². The first-order chi connectivity index (χ1) is 6.92. The van der Waals surface area contributed by atoms with Gasteiger partial charge in [0.05, 0.1) is 0 Å². The SMILES string of the molecule is N#COCc1cccc2ccccc12. The zero-order valence-corrected chi connectivity index (χ0v) is 7.60. The highest BCUT2D eigenvalue weighted by Gasteiger charge is 1.99. The summed E-state index contributed by atoms with van der Waals surface area (Å²) in [6.07, 6.45) is 1.68. The Balaban J connectivity index is 2.49. The van der Waals surface area contributed by atoms with E-state index in [1.807, 2.05) is 42.5 Å². The molecule has 0 spiro atoms. The number of benzene rings is 2. The normalized spacial score (nSPS) is 9.64. The largest absolute Gasteiger partial charge is 0.423 e. The van der Waals surface area contributed by atoms with Crippen LogP contribution in [0.4, 0.5) is 0 Å². The van der Waals surface area contributed by atoms with Crippen molar-refractivity contribution in [2.24, 2.45) is 0 Å². The van der Waals surface area contributed by atoms with Crippen LogP contribution in [-0.2, 0) is 11.3 Å². The van der Waals surface area contributed by atoms with Crippen molar-refractivity contribution in [2.75, 3.05) is 0 Å². The van der Waals surface area contributed by atoms with Gasteiger partial charge in [0, 0.05) is 0 Å². The summed E-state index contributed by atoms with van der Waals surface area (Å²) >= 11 is 0. The second-order valence-corrected chi connectivity index (χ2v) is 3.02. The maximum Gasteiger partial charge on any atom is 0.286 e. The fourth-order valence-corrected chi connectivity index (χ4v) is 1.53. The molecule has 2 heteroatoms. The average molecular weight is 183 g/mol. The van der Waals surface area contributed by atoms with Gasteiger partial charge in [0.15, 0.2) is 0 Å². The molecule has 0 aromatic heterocycles. The lowest BCUT2D eigenvalue weighted by atomic mass is 10.1. The maximum atomic E-state index is 8.33. The Bertz CT molecular complexity index is 480. The first-order valence-corrected chi connectivity index (χ1v) is 4.39. The molecule has 0 radical (unpaired) electrons. The van der Waals surface area contributed by atoms with Gasteiger partial charge in [-0.3, -0.25) is 0 Å². The summed E-state index contributed by atoms with van der Waals surface area (Å²) in [5.41, 5.74) is 1.05. The Kier molecular flexibility index (Phi) is 2.33. The third-order valence-corrected chi connectivity index (χ3v) is 2.17. The lowest BCUT2D eigenvalue weighted by Gasteiger charge is -2.03. The molecule has 2 aromatic rings. The van der Waals surface area contributed by atoms with E-state index in [0.717, 1.165) is 10.9 Å². The molecule has 0 unspecified atom stereocenters. The number of nitrogens with zero attached hydrogens (tertiary/aromatic N) is 1. The number of rotatable bonds is 2. The zero-order valence-electron chi connectivity index (χ0n) is 7.60. The highest BCUT2D eigenvalue weighted by Crippen LogP contribution is 2.18. The molecule has 0 bridgehead atoms. The zero-order chi connectivity index (χ0) is 9.80. The average Bonchev–Trinajstić information content (AvgIpc) is 2.26. The van der Waals surface area contributed by atoms with Gasteiger partial charge in [0.25, 0.3) is 6.26 Å². The summed E-state index contributed by atoms with van der Waals surface area (Å²) < 4.78 is 4.73. The lowest BCUT2D eigenvalue weighted by Crippen LogP contribution is -1.88. The van der Waals surface area contributed by atoms with Crippen LogP contribution >= 0.6 is 0 Å². The molecule has 0 aliphatic heterocycles. The highest BCUT2D eigenvalue weighted by molar-refractivity contribution is 5.85. The smallest absolute Gasteiger partial charge is 0.286 e. The number of hydrogen-bond donors (Lipinski definition) is 0. The van der Waals surface area contributed by atoms with Crippen molar-refractivity contribution in [2.45, 2.75) is 6.61 Å². The molecule has 0 heterocycles. The second-order valence-electron chi connectivity index (χ2n) is 3.02. The van der Waals surface area contributed by atoms with Crippen molar-refractivity contribution >= 4 is 10.8 Å². The molecule has 2 aromatic carbocycles. The van der Waals surface area contributed by atoms with Crippen LogP contribution in [0.1, 0.15) is 5.56 Å². The molecule has 2 nitrogen and oxygen atoms in total. The summed E-state index contributed by atoms with van der Waals surface area (Å²) in [6, 6.07) is 14.1. The van der Waals surface area contributed by atoms with Gasteiger partial charge in [-0.15, -0.1) is 0 Å². The number of hydrogen-bond acceptors (Lipinski definition) is 2. The van der Waals surface area contributed by atoms with E-state index in [4.69, 9.17) is 10.00 Å². The van der Waals surface area contributed by atoms with Crippen molar-refractivity contribution in [3.8, 4) is 6.26 Å². The molecule has 14 heavy (non-hydrogen) atoms. The Morgan fingerprint density at radius 1 is 1.07 bits per heavy atom. The Hall–Kier alpha value is -2.01. The van der Waals surface area contributed by atoms with E-state index in [1.54, 1.807) is 6.26 Å². The molecule has 0 N–H and O–H groups in total. The monoisotopic (exact) mass is 183 g/mol. The summed E-state index contributed by atoms with van der Waals surface area (Å²) in [4.78, 5) is 0. The minimum atomic E-state index is 0.345. The van der Waals surface area contributed by atoms with Crippen LogP contribution in [0.2, 0.25) is 0 Å². The van der Waals surface area contributed by atoms with E-state index in [0.29, 0.717) is 6.61 Å². The third-order valence-electron chi connectivity index (χ3n) is 2.17. The van der Waals surface area contributed by atoms with E-state index in [2.05, 4.69) is 0 Å². The van der Waals surface area contributed by atoms with Gasteiger partial charge in [-0.2, -0.15) is 5.26 Å². The fourth-order valence-electron chi connectivity index (χ4n) is 1.53. The van der Waals surface area contributed by atoms with Gasteiger partial charge >= 0.3 is 0 Å². The van der Waals surface area contributed by atoms with Crippen molar-refractivity contribution < 1.29 is 4.74 Å². The van der Waals surface area contributed by atoms with Gasteiger partial charge in [0.1, 0.15) is 6.61 Å². The minimum absolute atomic E-state index is 0.345. The maximum absolute atomic E-state index is 8.33. The van der Waals surface area contributed by atoms with Crippen molar-refractivity contribution in [3.63, 3.8) is 0 Å². The van der Waals surface area contributed by atoms with Crippen LogP contribution in [-0.4, -0.2) is 0 Å². The topological polar surface area (TPSA) is 33.0 Å². The first kappa shape index (κ1) is 8.58. The highest BCUT2D eigenvalue weighted by atomic mass is 16.5. The molecular weight excluding hydrogens is 174 g/mol. The van der Waals surface area contributed by atoms with Gasteiger partial charge < -0.3 is 4.74 Å². The number of nitriles is 1. The van der Waals surface area contributed by atoms with Gasteiger partial charge in [-0.25, -0.2) is 0 Å². The van der Waals surface area contributed by atoms with E-state index >= 15 is 0 Å². The second kappa shape index (κ2) is 3.80. The van der Waals surface area contributed by atoms with E-state index < -0.39 is 0 Å². The van der Waals surface area contributed by atoms with Crippen LogP contribution in [0.3, 0.4) is 0 Å². The molecule has 0 fully saturated rings. The van der Waals surface area contributed by atoms with Crippen LogP contribution in [0.5, 0.6) is 0 Å². The summed E-state index contributed by atoms with van der Waals surface area (Å²) in [7, 11) is 0. The molecule has 0 amide bonds. The van der Waals surface area contributed by atoms with Gasteiger partial charge in [-0.1, -0.05) is 42.5 Å². The Labute approximate surface area is 82.3 Å². The molecule has 0 aliphatic carbocycles. The van der Waals surface area contributed by atoms with E-state index in [9.17, 15) is 0 Å². The number of fused-ring (bicyclic) bond motifs is 1. The molecule has 2 rings (SSSR count). The summed E-state index contributed by atoms with van der Waals surface area (Å²) in [6.45, 7) is 0.345. The first-order valence-electron chi connectivity index (χ1n) is 4.39. The predicted molar refractivity (Wildman–Crippen MR) is 54.4 cm³/mol. The summed E-state index contributed by atoms with van der Waals surface area (Å²) in [5.74, 6) is 0. The van der Waals surface area contributed by atoms with Crippen molar-refractivity contribution in [1.29, 1.82) is 5.26 Å². The van der Waals surface area contributed by atoms with Crippen LogP contribution in [0.15, 0.2) is 42.5 Å². The third kappa shape index (κ3) is 1.53.